The first-order valence-electron chi connectivity index (χ1n) is 10.8. The maximum absolute atomic E-state index is 12.7. The van der Waals surface area contributed by atoms with Crippen molar-refractivity contribution in [3.63, 3.8) is 0 Å². The van der Waals surface area contributed by atoms with Crippen molar-refractivity contribution in [3.05, 3.63) is 17.5 Å². The van der Waals surface area contributed by atoms with Crippen LogP contribution in [-0.4, -0.2) is 50.4 Å². The molecule has 1 aliphatic rings. The van der Waals surface area contributed by atoms with Crippen LogP contribution in [0.3, 0.4) is 0 Å². The van der Waals surface area contributed by atoms with Gasteiger partial charge >= 0.3 is 0 Å². The summed E-state index contributed by atoms with van der Waals surface area (Å²) >= 11 is 1.15. The number of nitrogens with zero attached hydrogens (tertiary/aromatic N) is 1. The van der Waals surface area contributed by atoms with E-state index >= 15 is 0 Å². The molecule has 1 saturated carbocycles. The van der Waals surface area contributed by atoms with Gasteiger partial charge < -0.3 is 5.32 Å². The maximum atomic E-state index is 12.7. The number of sulfonamides is 1. The fourth-order valence-corrected chi connectivity index (χ4v) is 6.35. The number of carbonyl (C=O) groups excluding carboxylic acids is 1. The second kappa shape index (κ2) is 11.4. The van der Waals surface area contributed by atoms with Crippen molar-refractivity contribution in [2.75, 3.05) is 13.1 Å². The molecule has 1 aromatic rings. The van der Waals surface area contributed by atoms with E-state index in [1.165, 1.54) is 32.1 Å². The molecule has 0 saturated heterocycles. The molecule has 8 heteroatoms. The Labute approximate surface area is 180 Å². The van der Waals surface area contributed by atoms with Crippen molar-refractivity contribution in [2.45, 2.75) is 88.6 Å². The second-order valence-corrected chi connectivity index (χ2v) is 11.4. The molecule has 0 spiro atoms. The molecule has 0 unspecified atom stereocenters. The van der Waals surface area contributed by atoms with Gasteiger partial charge in [-0.25, -0.2) is 8.42 Å². The molecule has 1 aliphatic carbocycles. The van der Waals surface area contributed by atoms with Crippen molar-refractivity contribution in [1.29, 1.82) is 0 Å². The molecule has 1 fully saturated rings. The van der Waals surface area contributed by atoms with Gasteiger partial charge in [-0.05, 0) is 50.5 Å². The summed E-state index contributed by atoms with van der Waals surface area (Å²) < 4.78 is 27.8. The van der Waals surface area contributed by atoms with Crippen molar-refractivity contribution in [2.24, 2.45) is 5.92 Å². The highest BCUT2D eigenvalue weighted by atomic mass is 32.2. The zero-order valence-corrected chi connectivity index (χ0v) is 19.8. The Hall–Kier alpha value is -0.960. The molecular weight excluding hydrogens is 406 g/mol. The summed E-state index contributed by atoms with van der Waals surface area (Å²) in [6, 6.07) is 3.61. The Kier molecular flexibility index (Phi) is 9.59. The van der Waals surface area contributed by atoms with Crippen LogP contribution in [0.15, 0.2) is 21.7 Å². The van der Waals surface area contributed by atoms with Gasteiger partial charge in [0.25, 0.3) is 10.0 Å². The summed E-state index contributed by atoms with van der Waals surface area (Å²) in [5, 5.41) is 4.65. The van der Waals surface area contributed by atoms with Crippen LogP contribution in [0.5, 0.6) is 0 Å². The lowest BCUT2D eigenvalue weighted by atomic mass is 9.93. The van der Waals surface area contributed by atoms with Crippen LogP contribution >= 0.6 is 11.3 Å². The summed E-state index contributed by atoms with van der Waals surface area (Å²) in [6.45, 7) is 9.69. The molecule has 2 rings (SSSR count). The summed E-state index contributed by atoms with van der Waals surface area (Å²) in [5.41, 5.74) is 0. The first kappa shape index (κ1) is 24.3. The highest BCUT2D eigenvalue weighted by molar-refractivity contribution is 7.91. The Morgan fingerprint density at radius 1 is 1.21 bits per heavy atom. The van der Waals surface area contributed by atoms with E-state index in [2.05, 4.69) is 28.8 Å². The van der Waals surface area contributed by atoms with Crippen LogP contribution in [0.2, 0.25) is 0 Å². The van der Waals surface area contributed by atoms with Gasteiger partial charge in [-0.2, -0.15) is 4.72 Å². The fraction of sp³-hybridized carbons (Fsp3) is 0.762. The van der Waals surface area contributed by atoms with E-state index in [4.69, 9.17) is 0 Å². The minimum absolute atomic E-state index is 0.140. The lowest BCUT2D eigenvalue weighted by Gasteiger charge is -2.37. The van der Waals surface area contributed by atoms with E-state index in [0.717, 1.165) is 24.3 Å². The van der Waals surface area contributed by atoms with Crippen molar-refractivity contribution < 1.29 is 13.2 Å². The Bertz CT molecular complexity index is 712. The SMILES string of the molecule is CC(C)[C@@H](NS(=O)(=O)c1cccs1)C(=O)NCCCN(C(C)C)C1CCCCC1. The third-order valence-electron chi connectivity index (χ3n) is 5.59. The topological polar surface area (TPSA) is 78.5 Å². The summed E-state index contributed by atoms with van der Waals surface area (Å²) in [4.78, 5) is 15.2. The van der Waals surface area contributed by atoms with Gasteiger partial charge in [0.2, 0.25) is 5.91 Å². The van der Waals surface area contributed by atoms with Crippen LogP contribution in [-0.2, 0) is 14.8 Å². The third kappa shape index (κ3) is 7.35. The second-order valence-electron chi connectivity index (χ2n) is 8.54. The fourth-order valence-electron chi connectivity index (χ4n) is 3.99. The molecular formula is C21H37N3O3S2. The number of hydrogen-bond acceptors (Lipinski definition) is 5. The van der Waals surface area contributed by atoms with Gasteiger partial charge in [-0.15, -0.1) is 11.3 Å². The molecule has 0 bridgehead atoms. The number of nitrogens with one attached hydrogen (secondary N) is 2. The molecule has 1 amide bonds. The monoisotopic (exact) mass is 443 g/mol. The summed E-state index contributed by atoms with van der Waals surface area (Å²) in [7, 11) is -3.68. The standard InChI is InChI=1S/C21H37N3O3S2/c1-16(2)20(23-29(26,27)19-12-8-15-28-19)21(25)22-13-9-14-24(17(3)4)18-10-6-5-7-11-18/h8,12,15-18,20,23H,5-7,9-11,13-14H2,1-4H3,(H,22,25)/t20-/m1/s1. The van der Waals surface area contributed by atoms with Crippen molar-refractivity contribution in [1.82, 2.24) is 14.9 Å². The predicted octanol–water partition coefficient (Wildman–Crippen LogP) is 3.60. The molecule has 0 aliphatic heterocycles. The van der Waals surface area contributed by atoms with Gasteiger partial charge in [0, 0.05) is 25.2 Å². The Morgan fingerprint density at radius 2 is 1.90 bits per heavy atom. The van der Waals surface area contributed by atoms with E-state index in [-0.39, 0.29) is 16.0 Å². The molecule has 1 aromatic heterocycles. The first-order valence-corrected chi connectivity index (χ1v) is 13.2. The van der Waals surface area contributed by atoms with E-state index in [0.29, 0.717) is 18.6 Å². The molecule has 6 nitrogen and oxygen atoms in total. The average molecular weight is 444 g/mol. The summed E-state index contributed by atoms with van der Waals surface area (Å²) in [5.74, 6) is -0.395. The largest absolute Gasteiger partial charge is 0.355 e. The minimum atomic E-state index is -3.68. The number of rotatable bonds is 11. The van der Waals surface area contributed by atoms with E-state index in [9.17, 15) is 13.2 Å². The van der Waals surface area contributed by atoms with Gasteiger partial charge in [0.05, 0.1) is 0 Å². The lowest BCUT2D eigenvalue weighted by Crippen LogP contribution is -2.50. The van der Waals surface area contributed by atoms with Crippen LogP contribution in [0.25, 0.3) is 0 Å². The number of carbonyl (C=O) groups is 1. The zero-order valence-electron chi connectivity index (χ0n) is 18.2. The van der Waals surface area contributed by atoms with Crippen LogP contribution in [0, 0.1) is 5.92 Å². The van der Waals surface area contributed by atoms with Crippen LogP contribution in [0.1, 0.15) is 66.2 Å². The van der Waals surface area contributed by atoms with Gasteiger partial charge in [-0.1, -0.05) is 39.2 Å². The Morgan fingerprint density at radius 3 is 2.45 bits per heavy atom. The lowest BCUT2D eigenvalue weighted by molar-refractivity contribution is -0.123. The van der Waals surface area contributed by atoms with Gasteiger partial charge in [0.1, 0.15) is 10.3 Å². The quantitative estimate of drug-likeness (QED) is 0.512. The molecule has 1 atom stereocenters. The average Bonchev–Trinajstić information content (AvgIpc) is 3.22. The van der Waals surface area contributed by atoms with E-state index in [1.807, 2.05) is 13.8 Å². The predicted molar refractivity (Wildman–Crippen MR) is 120 cm³/mol. The van der Waals surface area contributed by atoms with Crippen LogP contribution < -0.4 is 10.0 Å². The first-order chi connectivity index (χ1) is 13.7. The smallest absolute Gasteiger partial charge is 0.250 e. The van der Waals surface area contributed by atoms with E-state index < -0.39 is 16.1 Å². The summed E-state index contributed by atoms with van der Waals surface area (Å²) in [6.07, 6.45) is 7.37. The minimum Gasteiger partial charge on any atom is -0.355 e. The van der Waals surface area contributed by atoms with Crippen LogP contribution in [0.4, 0.5) is 0 Å². The van der Waals surface area contributed by atoms with E-state index in [1.54, 1.807) is 17.5 Å². The molecule has 1 heterocycles. The van der Waals surface area contributed by atoms with Gasteiger partial charge in [-0.3, -0.25) is 9.69 Å². The normalized spacial score (nSPS) is 17.2. The number of thiophene rings is 1. The highest BCUT2D eigenvalue weighted by Crippen LogP contribution is 2.24. The third-order valence-corrected chi connectivity index (χ3v) is 8.43. The van der Waals surface area contributed by atoms with Crippen molar-refractivity contribution in [3.8, 4) is 0 Å². The molecule has 0 aromatic carbocycles. The Balaban J connectivity index is 1.85. The zero-order chi connectivity index (χ0) is 21.4. The highest BCUT2D eigenvalue weighted by Gasteiger charge is 2.29. The number of hydrogen-bond donors (Lipinski definition) is 2. The molecule has 166 valence electrons. The van der Waals surface area contributed by atoms with Gasteiger partial charge in [0.15, 0.2) is 0 Å². The maximum Gasteiger partial charge on any atom is 0.250 e. The number of amides is 1. The molecule has 29 heavy (non-hydrogen) atoms. The molecule has 0 radical (unpaired) electrons. The van der Waals surface area contributed by atoms with Crippen molar-refractivity contribution >= 4 is 27.3 Å². The molecule has 2 N–H and O–H groups in total.